The molecule has 1 saturated heterocycles. The Bertz CT molecular complexity index is 941. The van der Waals surface area contributed by atoms with Gasteiger partial charge in [0.15, 0.2) is 0 Å². The highest BCUT2D eigenvalue weighted by molar-refractivity contribution is 7.92. The molecular weight excluding hydrogens is 398 g/mol. The van der Waals surface area contributed by atoms with E-state index in [-0.39, 0.29) is 23.2 Å². The van der Waals surface area contributed by atoms with Gasteiger partial charge in [0.2, 0.25) is 0 Å². The number of hydrogen-bond acceptors (Lipinski definition) is 4. The van der Waals surface area contributed by atoms with E-state index in [0.717, 1.165) is 24.9 Å². The van der Waals surface area contributed by atoms with Gasteiger partial charge in [-0.25, -0.2) is 8.42 Å². The van der Waals surface area contributed by atoms with Gasteiger partial charge in [-0.3, -0.25) is 9.52 Å². The number of hydrogen-bond donors (Lipinski definition) is 3. The van der Waals surface area contributed by atoms with Crippen LogP contribution in [0.5, 0.6) is 0 Å². The summed E-state index contributed by atoms with van der Waals surface area (Å²) in [5, 5.41) is 6.23. The summed E-state index contributed by atoms with van der Waals surface area (Å²) in [5.74, 6) is -0.212. The van der Waals surface area contributed by atoms with E-state index in [1.54, 1.807) is 43.3 Å². The van der Waals surface area contributed by atoms with Crippen molar-refractivity contribution in [2.24, 2.45) is 0 Å². The van der Waals surface area contributed by atoms with Crippen molar-refractivity contribution in [2.75, 3.05) is 17.8 Å². The molecular formula is C20H26ClN3O3S. The second-order valence-corrected chi connectivity index (χ2v) is 8.61. The molecule has 0 aromatic heterocycles. The van der Waals surface area contributed by atoms with Crippen molar-refractivity contribution in [3.63, 3.8) is 0 Å². The maximum absolute atomic E-state index is 12.7. The van der Waals surface area contributed by atoms with E-state index in [2.05, 4.69) is 15.4 Å². The Morgan fingerprint density at radius 1 is 1.18 bits per heavy atom. The Kier molecular flexibility index (Phi) is 7.46. The summed E-state index contributed by atoms with van der Waals surface area (Å²) < 4.78 is 28.0. The van der Waals surface area contributed by atoms with Crippen molar-refractivity contribution < 1.29 is 13.2 Å². The largest absolute Gasteiger partial charge is 0.350 e. The van der Waals surface area contributed by atoms with Crippen LogP contribution in [0.3, 0.4) is 0 Å². The Balaban J connectivity index is 0.00000280. The molecule has 1 aliphatic rings. The van der Waals surface area contributed by atoms with Gasteiger partial charge in [-0.2, -0.15) is 0 Å². The van der Waals surface area contributed by atoms with E-state index in [0.29, 0.717) is 29.4 Å². The average molecular weight is 424 g/mol. The van der Waals surface area contributed by atoms with Gasteiger partial charge in [-0.1, -0.05) is 18.2 Å². The molecule has 2 aromatic carbocycles. The van der Waals surface area contributed by atoms with Crippen LogP contribution < -0.4 is 15.4 Å². The molecule has 0 radical (unpaired) electrons. The summed E-state index contributed by atoms with van der Waals surface area (Å²) in [6, 6.07) is 12.1. The van der Waals surface area contributed by atoms with Gasteiger partial charge in [0, 0.05) is 23.8 Å². The highest BCUT2D eigenvalue weighted by Gasteiger charge is 2.19. The molecule has 152 valence electrons. The van der Waals surface area contributed by atoms with Gasteiger partial charge in [0.1, 0.15) is 0 Å². The number of aryl methyl sites for hydroxylation is 2. The fourth-order valence-electron chi connectivity index (χ4n) is 3.18. The first-order chi connectivity index (χ1) is 12.8. The van der Waals surface area contributed by atoms with Crippen molar-refractivity contribution >= 4 is 34.0 Å². The molecule has 0 bridgehead atoms. The fourth-order valence-corrected chi connectivity index (χ4v) is 4.56. The monoisotopic (exact) mass is 423 g/mol. The van der Waals surface area contributed by atoms with Gasteiger partial charge in [0.25, 0.3) is 15.9 Å². The lowest BCUT2D eigenvalue weighted by atomic mass is 10.2. The number of anilines is 1. The quantitative estimate of drug-likeness (QED) is 0.666. The normalized spacial score (nSPS) is 16.3. The van der Waals surface area contributed by atoms with E-state index in [1.807, 2.05) is 13.0 Å². The smallest absolute Gasteiger partial charge is 0.262 e. The zero-order valence-corrected chi connectivity index (χ0v) is 17.6. The van der Waals surface area contributed by atoms with Crippen LogP contribution in [0.15, 0.2) is 47.4 Å². The summed E-state index contributed by atoms with van der Waals surface area (Å²) in [5.41, 5.74) is 2.33. The SMILES string of the molecule is Cc1ccc(C)c(S(=O)(=O)Nc2cccc(C(=O)NCC3CCCN3)c2)c1.Cl. The zero-order valence-electron chi connectivity index (χ0n) is 16.0. The summed E-state index contributed by atoms with van der Waals surface area (Å²) in [6.07, 6.45) is 2.17. The Morgan fingerprint density at radius 3 is 2.68 bits per heavy atom. The first-order valence-corrected chi connectivity index (χ1v) is 10.6. The molecule has 1 aliphatic heterocycles. The van der Waals surface area contributed by atoms with E-state index < -0.39 is 10.0 Å². The van der Waals surface area contributed by atoms with E-state index in [9.17, 15) is 13.2 Å². The lowest BCUT2D eigenvalue weighted by Crippen LogP contribution is -2.37. The average Bonchev–Trinajstić information content (AvgIpc) is 3.15. The zero-order chi connectivity index (χ0) is 19.4. The van der Waals surface area contributed by atoms with Crippen molar-refractivity contribution in [2.45, 2.75) is 37.6 Å². The first kappa shape index (κ1) is 22.2. The van der Waals surface area contributed by atoms with Gasteiger partial charge in [-0.05, 0) is 68.6 Å². The van der Waals surface area contributed by atoms with Crippen LogP contribution in [0.2, 0.25) is 0 Å². The van der Waals surface area contributed by atoms with Crippen LogP contribution in [0.25, 0.3) is 0 Å². The molecule has 1 heterocycles. The highest BCUT2D eigenvalue weighted by Crippen LogP contribution is 2.21. The van der Waals surface area contributed by atoms with Gasteiger partial charge >= 0.3 is 0 Å². The Labute approximate surface area is 172 Å². The number of benzene rings is 2. The second kappa shape index (κ2) is 9.41. The Hall–Kier alpha value is -2.09. The predicted octanol–water partition coefficient (Wildman–Crippen LogP) is 3.01. The van der Waals surface area contributed by atoms with Gasteiger partial charge < -0.3 is 10.6 Å². The maximum Gasteiger partial charge on any atom is 0.262 e. The van der Waals surface area contributed by atoms with E-state index in [1.165, 1.54) is 0 Å². The highest BCUT2D eigenvalue weighted by atomic mass is 35.5. The molecule has 28 heavy (non-hydrogen) atoms. The summed E-state index contributed by atoms with van der Waals surface area (Å²) in [7, 11) is -3.73. The molecule has 0 saturated carbocycles. The van der Waals surface area contributed by atoms with Crippen molar-refractivity contribution in [1.82, 2.24) is 10.6 Å². The fraction of sp³-hybridized carbons (Fsp3) is 0.350. The molecule has 0 spiro atoms. The third-order valence-corrected chi connectivity index (χ3v) is 6.20. The number of carbonyl (C=O) groups excluding carboxylic acids is 1. The van der Waals surface area contributed by atoms with Crippen molar-refractivity contribution in [3.05, 3.63) is 59.2 Å². The standard InChI is InChI=1S/C20H25N3O3S.ClH/c1-14-8-9-15(2)19(11-14)27(25,26)23-17-6-3-5-16(12-17)20(24)22-13-18-7-4-10-21-18;/h3,5-6,8-9,11-12,18,21,23H,4,7,10,13H2,1-2H3,(H,22,24);1H. The molecule has 1 amide bonds. The van der Waals surface area contributed by atoms with Crippen molar-refractivity contribution in [3.8, 4) is 0 Å². The molecule has 0 aliphatic carbocycles. The van der Waals surface area contributed by atoms with Gasteiger partial charge in [0.05, 0.1) is 4.90 Å². The van der Waals surface area contributed by atoms with Crippen LogP contribution in [-0.2, 0) is 10.0 Å². The lowest BCUT2D eigenvalue weighted by Gasteiger charge is -2.13. The number of halogens is 1. The number of amides is 1. The maximum atomic E-state index is 12.7. The van der Waals surface area contributed by atoms with Crippen molar-refractivity contribution in [1.29, 1.82) is 0 Å². The lowest BCUT2D eigenvalue weighted by molar-refractivity contribution is 0.0950. The first-order valence-electron chi connectivity index (χ1n) is 9.07. The molecule has 1 unspecified atom stereocenters. The topological polar surface area (TPSA) is 87.3 Å². The number of nitrogens with one attached hydrogen (secondary N) is 3. The molecule has 8 heteroatoms. The number of rotatable bonds is 6. The third-order valence-electron chi connectivity index (χ3n) is 4.68. The van der Waals surface area contributed by atoms with Crippen LogP contribution >= 0.6 is 12.4 Å². The summed E-state index contributed by atoms with van der Waals surface area (Å²) >= 11 is 0. The minimum Gasteiger partial charge on any atom is -0.350 e. The van der Waals surface area contributed by atoms with E-state index in [4.69, 9.17) is 0 Å². The molecule has 2 aromatic rings. The summed E-state index contributed by atoms with van der Waals surface area (Å²) in [6.45, 7) is 5.16. The number of carbonyl (C=O) groups is 1. The van der Waals surface area contributed by atoms with Crippen LogP contribution in [0.1, 0.15) is 34.3 Å². The van der Waals surface area contributed by atoms with Crippen LogP contribution in [0, 0.1) is 13.8 Å². The third kappa shape index (κ3) is 5.47. The van der Waals surface area contributed by atoms with Crippen LogP contribution in [-0.4, -0.2) is 33.5 Å². The minimum atomic E-state index is -3.73. The van der Waals surface area contributed by atoms with E-state index >= 15 is 0 Å². The summed E-state index contributed by atoms with van der Waals surface area (Å²) in [4.78, 5) is 12.6. The molecule has 1 atom stereocenters. The Morgan fingerprint density at radius 2 is 1.96 bits per heavy atom. The predicted molar refractivity (Wildman–Crippen MR) is 114 cm³/mol. The molecule has 1 fully saturated rings. The molecule has 3 rings (SSSR count). The molecule has 6 nitrogen and oxygen atoms in total. The molecule has 3 N–H and O–H groups in total. The van der Waals surface area contributed by atoms with Crippen LogP contribution in [0.4, 0.5) is 5.69 Å². The second-order valence-electron chi connectivity index (χ2n) is 6.96. The number of sulfonamides is 1. The minimum absolute atomic E-state index is 0. The van der Waals surface area contributed by atoms with Gasteiger partial charge in [-0.15, -0.1) is 12.4 Å².